The molecule has 142 valence electrons. The van der Waals surface area contributed by atoms with Gasteiger partial charge in [0.1, 0.15) is 5.82 Å². The molecule has 9 heteroatoms. The van der Waals surface area contributed by atoms with Gasteiger partial charge in [0.2, 0.25) is 0 Å². The molecule has 1 aliphatic heterocycles. The Morgan fingerprint density at radius 1 is 1.33 bits per heavy atom. The molecule has 2 amide bonds. The molecule has 0 aliphatic carbocycles. The molecule has 0 radical (unpaired) electrons. The molecule has 2 aromatic rings. The molecule has 1 saturated heterocycles. The van der Waals surface area contributed by atoms with E-state index in [-0.39, 0.29) is 30.4 Å². The summed E-state index contributed by atoms with van der Waals surface area (Å²) in [6, 6.07) is 8.80. The van der Waals surface area contributed by atoms with Crippen LogP contribution in [0, 0.1) is 0 Å². The van der Waals surface area contributed by atoms with Crippen molar-refractivity contribution >= 4 is 23.4 Å². The van der Waals surface area contributed by atoms with Crippen molar-refractivity contribution in [2.45, 2.75) is 25.4 Å². The van der Waals surface area contributed by atoms with Crippen LogP contribution in [0.2, 0.25) is 5.02 Å². The molecular formula is C18H20ClN5O3. The molecule has 0 bridgehead atoms. The number of aromatic amines is 1. The van der Waals surface area contributed by atoms with Gasteiger partial charge >= 0.3 is 11.8 Å². The van der Waals surface area contributed by atoms with Crippen LogP contribution >= 0.6 is 11.6 Å². The molecule has 1 aromatic heterocycles. The number of likely N-dealkylation sites (tertiary alicyclic amines) is 1. The standard InChI is InChI=1S/C18H20ClN5O3/c19-13-3-1-11(2-4-13)12-5-6-24(10-12)18(27)17(26)21-9-15-22-14(8-20)7-16(25)23-15/h1-4,7,12H,5-6,8-10,20H2,(H,21,26)(H,22,23,25). The van der Waals surface area contributed by atoms with E-state index in [0.717, 1.165) is 12.0 Å². The molecule has 1 atom stereocenters. The number of benzene rings is 1. The second-order valence-electron chi connectivity index (χ2n) is 6.36. The third-order valence-electron chi connectivity index (χ3n) is 4.48. The van der Waals surface area contributed by atoms with Crippen molar-refractivity contribution in [2.75, 3.05) is 13.1 Å². The zero-order valence-electron chi connectivity index (χ0n) is 14.6. The number of amides is 2. The summed E-state index contributed by atoms with van der Waals surface area (Å²) in [5.74, 6) is -0.890. The van der Waals surface area contributed by atoms with Gasteiger partial charge in [0, 0.05) is 36.6 Å². The second-order valence-corrected chi connectivity index (χ2v) is 6.79. The number of halogens is 1. The van der Waals surface area contributed by atoms with E-state index in [1.807, 2.05) is 24.3 Å². The average Bonchev–Trinajstić information content (AvgIpc) is 3.15. The monoisotopic (exact) mass is 389 g/mol. The highest BCUT2D eigenvalue weighted by molar-refractivity contribution is 6.35. The Balaban J connectivity index is 1.56. The number of aromatic nitrogens is 2. The number of nitrogens with two attached hydrogens (primary N) is 1. The normalized spacial score (nSPS) is 16.4. The number of carbonyl (C=O) groups is 2. The van der Waals surface area contributed by atoms with E-state index < -0.39 is 11.8 Å². The lowest BCUT2D eigenvalue weighted by Crippen LogP contribution is -2.42. The first kappa shape index (κ1) is 19.1. The van der Waals surface area contributed by atoms with Crippen molar-refractivity contribution < 1.29 is 9.59 Å². The second kappa shape index (κ2) is 8.32. The van der Waals surface area contributed by atoms with Crippen LogP contribution in [0.3, 0.4) is 0 Å². The third kappa shape index (κ3) is 4.72. The lowest BCUT2D eigenvalue weighted by Gasteiger charge is -2.16. The fourth-order valence-corrected chi connectivity index (χ4v) is 3.21. The molecular weight excluding hydrogens is 370 g/mol. The minimum atomic E-state index is -0.729. The van der Waals surface area contributed by atoms with E-state index in [2.05, 4.69) is 15.3 Å². The average molecular weight is 390 g/mol. The van der Waals surface area contributed by atoms with Crippen molar-refractivity contribution in [1.29, 1.82) is 0 Å². The molecule has 2 heterocycles. The Hall–Kier alpha value is -2.71. The Kier molecular flexibility index (Phi) is 5.88. The molecule has 8 nitrogen and oxygen atoms in total. The van der Waals surface area contributed by atoms with Crippen LogP contribution in [-0.2, 0) is 22.7 Å². The lowest BCUT2D eigenvalue weighted by molar-refractivity contribution is -0.145. The maximum Gasteiger partial charge on any atom is 0.311 e. The van der Waals surface area contributed by atoms with Crippen molar-refractivity contribution in [3.8, 4) is 0 Å². The minimum Gasteiger partial charge on any atom is -0.341 e. The Labute approximate surface area is 160 Å². The highest BCUT2D eigenvalue weighted by Crippen LogP contribution is 2.28. The molecule has 1 unspecified atom stereocenters. The Bertz CT molecular complexity index is 897. The summed E-state index contributed by atoms with van der Waals surface area (Å²) >= 11 is 5.90. The smallest absolute Gasteiger partial charge is 0.311 e. The highest BCUT2D eigenvalue weighted by Gasteiger charge is 2.30. The largest absolute Gasteiger partial charge is 0.341 e. The first-order valence-corrected chi connectivity index (χ1v) is 8.96. The van der Waals surface area contributed by atoms with Crippen LogP contribution in [0.15, 0.2) is 35.1 Å². The van der Waals surface area contributed by atoms with Crippen molar-refractivity contribution in [3.05, 3.63) is 62.8 Å². The van der Waals surface area contributed by atoms with Gasteiger partial charge in [-0.3, -0.25) is 14.4 Å². The maximum absolute atomic E-state index is 12.4. The van der Waals surface area contributed by atoms with Crippen molar-refractivity contribution in [1.82, 2.24) is 20.2 Å². The van der Waals surface area contributed by atoms with E-state index in [4.69, 9.17) is 17.3 Å². The number of nitrogens with zero attached hydrogens (tertiary/aromatic N) is 2. The van der Waals surface area contributed by atoms with Gasteiger partial charge in [-0.2, -0.15) is 0 Å². The van der Waals surface area contributed by atoms with E-state index in [0.29, 0.717) is 23.8 Å². The molecule has 27 heavy (non-hydrogen) atoms. The molecule has 0 spiro atoms. The first-order valence-electron chi connectivity index (χ1n) is 8.58. The molecule has 0 saturated carbocycles. The zero-order chi connectivity index (χ0) is 19.4. The van der Waals surface area contributed by atoms with E-state index >= 15 is 0 Å². The van der Waals surface area contributed by atoms with Crippen molar-refractivity contribution in [2.24, 2.45) is 5.73 Å². The van der Waals surface area contributed by atoms with Gasteiger partial charge in [-0.15, -0.1) is 0 Å². The maximum atomic E-state index is 12.4. The van der Waals surface area contributed by atoms with Crippen LogP contribution < -0.4 is 16.6 Å². The summed E-state index contributed by atoms with van der Waals surface area (Å²) in [6.45, 7) is 1.05. The summed E-state index contributed by atoms with van der Waals surface area (Å²) < 4.78 is 0. The van der Waals surface area contributed by atoms with Crippen LogP contribution in [0.1, 0.15) is 29.4 Å². The minimum absolute atomic E-state index is 0.0535. The summed E-state index contributed by atoms with van der Waals surface area (Å²) in [5, 5.41) is 3.16. The van der Waals surface area contributed by atoms with Crippen LogP contribution in [0.4, 0.5) is 0 Å². The number of H-pyrrole nitrogens is 1. The van der Waals surface area contributed by atoms with Gasteiger partial charge < -0.3 is 20.9 Å². The van der Waals surface area contributed by atoms with E-state index in [9.17, 15) is 14.4 Å². The van der Waals surface area contributed by atoms with Crippen LogP contribution in [0.25, 0.3) is 0 Å². The van der Waals surface area contributed by atoms with E-state index in [1.54, 1.807) is 0 Å². The first-order chi connectivity index (χ1) is 13.0. The fraction of sp³-hybridized carbons (Fsp3) is 0.333. The third-order valence-corrected chi connectivity index (χ3v) is 4.73. The quantitative estimate of drug-likeness (QED) is 0.658. The number of rotatable bonds is 4. The van der Waals surface area contributed by atoms with Gasteiger partial charge in [0.25, 0.3) is 5.56 Å². The predicted molar refractivity (Wildman–Crippen MR) is 100.0 cm³/mol. The van der Waals surface area contributed by atoms with Gasteiger partial charge in [-0.1, -0.05) is 23.7 Å². The van der Waals surface area contributed by atoms with E-state index in [1.165, 1.54) is 11.0 Å². The Morgan fingerprint density at radius 2 is 2.07 bits per heavy atom. The highest BCUT2D eigenvalue weighted by atomic mass is 35.5. The molecule has 4 N–H and O–H groups in total. The molecule has 1 aliphatic rings. The van der Waals surface area contributed by atoms with Gasteiger partial charge in [-0.05, 0) is 24.1 Å². The zero-order valence-corrected chi connectivity index (χ0v) is 15.3. The summed E-state index contributed by atoms with van der Waals surface area (Å²) in [6.07, 6.45) is 0.786. The van der Waals surface area contributed by atoms with Gasteiger partial charge in [0.05, 0.1) is 12.2 Å². The summed E-state index contributed by atoms with van der Waals surface area (Å²) in [4.78, 5) is 44.2. The lowest BCUT2D eigenvalue weighted by atomic mass is 9.99. The predicted octanol–water partition coefficient (Wildman–Crippen LogP) is 0.514. The topological polar surface area (TPSA) is 121 Å². The van der Waals surface area contributed by atoms with Gasteiger partial charge in [-0.25, -0.2) is 4.98 Å². The molecule has 1 aromatic carbocycles. The number of hydrogen-bond acceptors (Lipinski definition) is 5. The van der Waals surface area contributed by atoms with Crippen LogP contribution in [-0.4, -0.2) is 39.8 Å². The molecule has 1 fully saturated rings. The Morgan fingerprint density at radius 3 is 2.78 bits per heavy atom. The van der Waals surface area contributed by atoms with Gasteiger partial charge in [0.15, 0.2) is 0 Å². The fourth-order valence-electron chi connectivity index (χ4n) is 3.09. The van der Waals surface area contributed by atoms with Crippen molar-refractivity contribution in [3.63, 3.8) is 0 Å². The summed E-state index contributed by atoms with van der Waals surface area (Å²) in [7, 11) is 0. The SMILES string of the molecule is NCc1cc(=O)[nH]c(CNC(=O)C(=O)N2CCC(c3ccc(Cl)cc3)C2)n1. The number of carbonyl (C=O) groups excluding carboxylic acids is 2. The number of nitrogens with one attached hydrogen (secondary N) is 2. The van der Waals surface area contributed by atoms with Crippen LogP contribution in [0.5, 0.6) is 0 Å². The summed E-state index contributed by atoms with van der Waals surface area (Å²) in [5.41, 5.74) is 6.63. The molecule has 3 rings (SSSR count). The number of hydrogen-bond donors (Lipinski definition) is 3.